The average Bonchev–Trinajstić information content (AvgIpc) is 2.60. The maximum atomic E-state index is 12.6. The Balaban J connectivity index is 1.73. The van der Waals surface area contributed by atoms with Gasteiger partial charge in [0.15, 0.2) is 11.5 Å². The highest BCUT2D eigenvalue weighted by molar-refractivity contribution is 6.05. The van der Waals surface area contributed by atoms with Crippen LogP contribution in [-0.2, 0) is 4.79 Å². The number of rotatable bonds is 3. The number of para-hydroxylation sites is 3. The van der Waals surface area contributed by atoms with Crippen LogP contribution >= 0.6 is 0 Å². The molecule has 2 amide bonds. The molecular formula is C20H22N2O4. The molecular weight excluding hydrogens is 332 g/mol. The highest BCUT2D eigenvalue weighted by atomic mass is 16.6. The molecule has 1 aliphatic rings. The second kappa shape index (κ2) is 7.07. The zero-order valence-electron chi connectivity index (χ0n) is 15.0. The van der Waals surface area contributed by atoms with E-state index in [0.717, 1.165) is 0 Å². The highest BCUT2D eigenvalue weighted by Gasteiger charge is 2.28. The van der Waals surface area contributed by atoms with Crippen LogP contribution in [0.2, 0.25) is 0 Å². The predicted octanol–water partition coefficient (Wildman–Crippen LogP) is 2.99. The summed E-state index contributed by atoms with van der Waals surface area (Å²) in [6.45, 7) is 5.81. The zero-order chi connectivity index (χ0) is 18.7. The smallest absolute Gasteiger partial charge is 0.269 e. The molecule has 0 aliphatic carbocycles. The Morgan fingerprint density at radius 1 is 1.00 bits per heavy atom. The predicted molar refractivity (Wildman–Crippen MR) is 98.6 cm³/mol. The summed E-state index contributed by atoms with van der Waals surface area (Å²) in [5, 5.41) is 5.67. The van der Waals surface area contributed by atoms with Crippen molar-refractivity contribution in [2.24, 2.45) is 0 Å². The number of carbonyl (C=O) groups excluding carboxylic acids is 2. The number of ether oxygens (including phenoxy) is 2. The summed E-state index contributed by atoms with van der Waals surface area (Å²) in [6, 6.07) is 14.1. The van der Waals surface area contributed by atoms with E-state index in [1.807, 2.05) is 32.9 Å². The molecule has 6 heteroatoms. The maximum Gasteiger partial charge on any atom is 0.269 e. The van der Waals surface area contributed by atoms with Crippen molar-refractivity contribution < 1.29 is 19.1 Å². The largest absolute Gasteiger partial charge is 0.485 e. The Labute approximate surface area is 152 Å². The van der Waals surface area contributed by atoms with Crippen LogP contribution in [0.25, 0.3) is 0 Å². The van der Waals surface area contributed by atoms with Crippen molar-refractivity contribution in [2.75, 3.05) is 11.9 Å². The van der Waals surface area contributed by atoms with Crippen molar-refractivity contribution >= 4 is 17.5 Å². The van der Waals surface area contributed by atoms with E-state index in [1.54, 1.807) is 36.4 Å². The molecule has 136 valence electrons. The Morgan fingerprint density at radius 2 is 1.65 bits per heavy atom. The van der Waals surface area contributed by atoms with Crippen molar-refractivity contribution in [3.05, 3.63) is 54.1 Å². The Hall–Kier alpha value is -3.02. The van der Waals surface area contributed by atoms with Crippen LogP contribution in [-0.4, -0.2) is 30.1 Å². The van der Waals surface area contributed by atoms with Gasteiger partial charge >= 0.3 is 0 Å². The van der Waals surface area contributed by atoms with Gasteiger partial charge in [0.1, 0.15) is 6.61 Å². The molecule has 0 saturated carbocycles. The molecule has 0 unspecified atom stereocenters. The van der Waals surface area contributed by atoms with E-state index in [4.69, 9.17) is 9.47 Å². The van der Waals surface area contributed by atoms with Gasteiger partial charge in [0, 0.05) is 5.54 Å². The maximum absolute atomic E-state index is 12.6. The lowest BCUT2D eigenvalue weighted by atomic mass is 10.1. The van der Waals surface area contributed by atoms with Gasteiger partial charge in [-0.15, -0.1) is 0 Å². The van der Waals surface area contributed by atoms with Crippen LogP contribution < -0.4 is 20.1 Å². The molecule has 1 aliphatic heterocycles. The molecule has 2 aromatic carbocycles. The van der Waals surface area contributed by atoms with Gasteiger partial charge in [-0.05, 0) is 45.0 Å². The molecule has 0 spiro atoms. The quantitative estimate of drug-likeness (QED) is 0.888. The van der Waals surface area contributed by atoms with E-state index in [2.05, 4.69) is 10.6 Å². The third-order valence-electron chi connectivity index (χ3n) is 3.72. The zero-order valence-corrected chi connectivity index (χ0v) is 15.0. The lowest BCUT2D eigenvalue weighted by molar-refractivity contribution is -0.125. The van der Waals surface area contributed by atoms with E-state index >= 15 is 0 Å². The average molecular weight is 354 g/mol. The number of carbonyl (C=O) groups is 2. The van der Waals surface area contributed by atoms with Crippen LogP contribution in [0.5, 0.6) is 11.5 Å². The number of amides is 2. The Morgan fingerprint density at radius 3 is 2.38 bits per heavy atom. The molecule has 2 N–H and O–H groups in total. The van der Waals surface area contributed by atoms with E-state index in [0.29, 0.717) is 22.7 Å². The normalized spacial score (nSPS) is 15.9. The lowest BCUT2D eigenvalue weighted by Crippen LogP contribution is -2.42. The van der Waals surface area contributed by atoms with Gasteiger partial charge in [0.05, 0.1) is 11.3 Å². The van der Waals surface area contributed by atoms with Gasteiger partial charge < -0.3 is 20.1 Å². The first-order chi connectivity index (χ1) is 12.3. The van der Waals surface area contributed by atoms with Crippen molar-refractivity contribution in [3.63, 3.8) is 0 Å². The van der Waals surface area contributed by atoms with Gasteiger partial charge in [-0.3, -0.25) is 9.59 Å². The molecule has 0 radical (unpaired) electrons. The molecule has 1 heterocycles. The van der Waals surface area contributed by atoms with Crippen molar-refractivity contribution in [1.29, 1.82) is 0 Å². The number of fused-ring (bicyclic) bond motifs is 1. The van der Waals surface area contributed by atoms with Crippen LogP contribution in [0.4, 0.5) is 5.69 Å². The highest BCUT2D eigenvalue weighted by Crippen LogP contribution is 2.31. The fraction of sp³-hybridized carbons (Fsp3) is 0.300. The number of benzene rings is 2. The Kier molecular flexibility index (Phi) is 4.84. The molecule has 6 nitrogen and oxygen atoms in total. The first kappa shape index (κ1) is 17.8. The lowest BCUT2D eigenvalue weighted by Gasteiger charge is -2.26. The standard InChI is InChI=1S/C20H22N2O4/c1-20(2,3)22-18(23)13-8-4-5-9-14(13)21-19(24)17-12-25-15-10-6-7-11-16(15)26-17/h4-11,17H,12H2,1-3H3,(H,21,24)(H,22,23)/t17-/m1/s1. The molecule has 0 aromatic heterocycles. The fourth-order valence-corrected chi connectivity index (χ4v) is 2.56. The summed E-state index contributed by atoms with van der Waals surface area (Å²) >= 11 is 0. The minimum absolute atomic E-state index is 0.110. The summed E-state index contributed by atoms with van der Waals surface area (Å²) in [5.74, 6) is 0.522. The van der Waals surface area contributed by atoms with E-state index < -0.39 is 6.10 Å². The minimum atomic E-state index is -0.788. The number of anilines is 1. The first-order valence-corrected chi connectivity index (χ1v) is 8.44. The first-order valence-electron chi connectivity index (χ1n) is 8.44. The topological polar surface area (TPSA) is 76.7 Å². The molecule has 3 rings (SSSR count). The molecule has 1 atom stereocenters. The van der Waals surface area contributed by atoms with Gasteiger partial charge in [0.2, 0.25) is 6.10 Å². The monoisotopic (exact) mass is 354 g/mol. The van der Waals surface area contributed by atoms with Crippen molar-refractivity contribution in [3.8, 4) is 11.5 Å². The van der Waals surface area contributed by atoms with Crippen LogP contribution in [0.1, 0.15) is 31.1 Å². The van der Waals surface area contributed by atoms with Crippen molar-refractivity contribution in [1.82, 2.24) is 5.32 Å². The van der Waals surface area contributed by atoms with Crippen LogP contribution in [0.3, 0.4) is 0 Å². The molecule has 0 bridgehead atoms. The summed E-state index contributed by atoms with van der Waals surface area (Å²) in [7, 11) is 0. The number of hydrogen-bond donors (Lipinski definition) is 2. The third-order valence-corrected chi connectivity index (χ3v) is 3.72. The fourth-order valence-electron chi connectivity index (χ4n) is 2.56. The van der Waals surface area contributed by atoms with Crippen LogP contribution in [0.15, 0.2) is 48.5 Å². The molecule has 0 fully saturated rings. The summed E-state index contributed by atoms with van der Waals surface area (Å²) < 4.78 is 11.3. The summed E-state index contributed by atoms with van der Waals surface area (Å²) in [5.41, 5.74) is 0.452. The Bertz CT molecular complexity index is 827. The molecule has 2 aromatic rings. The van der Waals surface area contributed by atoms with E-state index in [9.17, 15) is 9.59 Å². The minimum Gasteiger partial charge on any atom is -0.485 e. The second-order valence-electron chi connectivity index (χ2n) is 7.10. The molecule has 26 heavy (non-hydrogen) atoms. The van der Waals surface area contributed by atoms with Gasteiger partial charge in [-0.1, -0.05) is 24.3 Å². The van der Waals surface area contributed by atoms with Gasteiger partial charge in [-0.2, -0.15) is 0 Å². The van der Waals surface area contributed by atoms with Gasteiger partial charge in [0.25, 0.3) is 11.8 Å². The molecule has 0 saturated heterocycles. The third kappa shape index (κ3) is 4.14. The second-order valence-corrected chi connectivity index (χ2v) is 7.10. The van der Waals surface area contributed by atoms with Crippen molar-refractivity contribution in [2.45, 2.75) is 32.4 Å². The van der Waals surface area contributed by atoms with E-state index in [1.165, 1.54) is 0 Å². The van der Waals surface area contributed by atoms with Gasteiger partial charge in [-0.25, -0.2) is 0 Å². The summed E-state index contributed by atoms with van der Waals surface area (Å²) in [6.07, 6.45) is -0.788. The summed E-state index contributed by atoms with van der Waals surface area (Å²) in [4.78, 5) is 25.1. The number of hydrogen-bond acceptors (Lipinski definition) is 4. The number of nitrogens with one attached hydrogen (secondary N) is 2. The SMILES string of the molecule is CC(C)(C)NC(=O)c1ccccc1NC(=O)[C@H]1COc2ccccc2O1. The van der Waals surface area contributed by atoms with Crippen LogP contribution in [0, 0.1) is 0 Å². The van der Waals surface area contributed by atoms with E-state index in [-0.39, 0.29) is 24.0 Å².